The summed E-state index contributed by atoms with van der Waals surface area (Å²) >= 11 is 1.29. The summed E-state index contributed by atoms with van der Waals surface area (Å²) in [6.07, 6.45) is 0. The lowest BCUT2D eigenvalue weighted by atomic mass is 10.2. The van der Waals surface area contributed by atoms with Crippen LogP contribution in [0.5, 0.6) is 0 Å². The van der Waals surface area contributed by atoms with Crippen molar-refractivity contribution in [3.05, 3.63) is 35.8 Å². The van der Waals surface area contributed by atoms with Gasteiger partial charge in [-0.3, -0.25) is 4.72 Å². The summed E-state index contributed by atoms with van der Waals surface area (Å²) in [6.45, 7) is 1.60. The maximum atomic E-state index is 11.5. The molecule has 2 rings (SSSR count). The van der Waals surface area contributed by atoms with E-state index < -0.39 is 10.0 Å². The molecule has 4 nitrogen and oxygen atoms in total. The molecule has 1 heterocycles. The van der Waals surface area contributed by atoms with Crippen LogP contribution in [0.1, 0.15) is 6.92 Å². The van der Waals surface area contributed by atoms with Crippen molar-refractivity contribution in [3.8, 4) is 11.3 Å². The molecule has 1 aromatic heterocycles. The van der Waals surface area contributed by atoms with Gasteiger partial charge in [0.1, 0.15) is 10.7 Å². The van der Waals surface area contributed by atoms with Crippen molar-refractivity contribution in [2.45, 2.75) is 6.92 Å². The Hall–Kier alpha value is -1.40. The molecular weight excluding hydrogens is 256 g/mol. The molecule has 6 heteroatoms. The molecule has 0 spiro atoms. The van der Waals surface area contributed by atoms with Gasteiger partial charge in [0, 0.05) is 5.56 Å². The molecule has 0 bridgehead atoms. The molecule has 0 aliphatic carbocycles. The smallest absolute Gasteiger partial charge is 0.233 e. The third kappa shape index (κ3) is 2.83. The lowest BCUT2D eigenvalue weighted by Gasteiger charge is -2.05. The van der Waals surface area contributed by atoms with Crippen molar-refractivity contribution in [1.29, 1.82) is 0 Å². The summed E-state index contributed by atoms with van der Waals surface area (Å²) < 4.78 is 25.6. The monoisotopic (exact) mass is 268 g/mol. The fourth-order valence-corrected chi connectivity index (χ4v) is 2.98. The number of nitrogens with zero attached hydrogens (tertiary/aromatic N) is 1. The van der Waals surface area contributed by atoms with Gasteiger partial charge in [0.25, 0.3) is 0 Å². The largest absolute Gasteiger partial charge is 0.272 e. The van der Waals surface area contributed by atoms with Gasteiger partial charge in [0.15, 0.2) is 0 Å². The third-order valence-electron chi connectivity index (χ3n) is 2.24. The van der Waals surface area contributed by atoms with Crippen molar-refractivity contribution in [2.24, 2.45) is 0 Å². The van der Waals surface area contributed by atoms with Gasteiger partial charge in [-0.15, -0.1) is 11.3 Å². The second kappa shape index (κ2) is 4.85. The molecule has 90 valence electrons. The Morgan fingerprint density at radius 1 is 1.29 bits per heavy atom. The molecule has 0 aliphatic heterocycles. The molecule has 2 aromatic rings. The van der Waals surface area contributed by atoms with E-state index in [4.69, 9.17) is 0 Å². The summed E-state index contributed by atoms with van der Waals surface area (Å²) in [7, 11) is -3.25. The first-order valence-corrected chi connectivity index (χ1v) is 7.65. The lowest BCUT2D eigenvalue weighted by Crippen LogP contribution is -2.14. The van der Waals surface area contributed by atoms with E-state index in [-0.39, 0.29) is 5.75 Å². The first kappa shape index (κ1) is 12.1. The van der Waals surface area contributed by atoms with E-state index in [0.29, 0.717) is 10.7 Å². The predicted molar refractivity (Wildman–Crippen MR) is 70.6 cm³/mol. The van der Waals surface area contributed by atoms with Gasteiger partial charge in [-0.25, -0.2) is 13.4 Å². The minimum absolute atomic E-state index is 0.0547. The first-order chi connectivity index (χ1) is 8.12. The number of benzene rings is 1. The highest BCUT2D eigenvalue weighted by Gasteiger charge is 2.13. The zero-order chi connectivity index (χ0) is 12.3. The molecule has 0 saturated heterocycles. The van der Waals surface area contributed by atoms with E-state index in [0.717, 1.165) is 5.56 Å². The molecular formula is C11H12N2O2S2. The van der Waals surface area contributed by atoms with Crippen LogP contribution < -0.4 is 4.72 Å². The molecule has 0 aliphatic rings. The number of hydrogen-bond acceptors (Lipinski definition) is 4. The summed E-state index contributed by atoms with van der Waals surface area (Å²) in [4.78, 5) is 4.20. The minimum atomic E-state index is -3.25. The molecule has 1 aromatic carbocycles. The highest BCUT2D eigenvalue weighted by Crippen LogP contribution is 2.30. The van der Waals surface area contributed by atoms with Crippen LogP contribution in [0.4, 0.5) is 5.00 Å². The summed E-state index contributed by atoms with van der Waals surface area (Å²) in [5.74, 6) is 0.0547. The van der Waals surface area contributed by atoms with Gasteiger partial charge in [-0.05, 0) is 6.92 Å². The number of thiazole rings is 1. The Kier molecular flexibility index (Phi) is 3.44. The fraction of sp³-hybridized carbons (Fsp3) is 0.182. The molecule has 0 unspecified atom stereocenters. The second-order valence-corrected chi connectivity index (χ2v) is 6.27. The van der Waals surface area contributed by atoms with Gasteiger partial charge in [0.05, 0.1) is 11.3 Å². The van der Waals surface area contributed by atoms with Crippen LogP contribution in [0, 0.1) is 0 Å². The number of anilines is 1. The topological polar surface area (TPSA) is 59.1 Å². The first-order valence-electron chi connectivity index (χ1n) is 5.12. The maximum Gasteiger partial charge on any atom is 0.233 e. The predicted octanol–water partition coefficient (Wildman–Crippen LogP) is 2.57. The van der Waals surface area contributed by atoms with E-state index in [2.05, 4.69) is 9.71 Å². The van der Waals surface area contributed by atoms with E-state index in [1.165, 1.54) is 11.3 Å². The molecule has 0 fully saturated rings. The second-order valence-electron chi connectivity index (χ2n) is 3.40. The summed E-state index contributed by atoms with van der Waals surface area (Å²) in [6, 6.07) is 9.50. The highest BCUT2D eigenvalue weighted by molar-refractivity contribution is 7.92. The van der Waals surface area contributed by atoms with Gasteiger partial charge < -0.3 is 0 Å². The normalized spacial score (nSPS) is 11.4. The number of aromatic nitrogens is 1. The Bertz CT molecular complexity index is 591. The maximum absolute atomic E-state index is 11.5. The van der Waals surface area contributed by atoms with Crippen molar-refractivity contribution >= 4 is 26.4 Å². The third-order valence-corrected chi connectivity index (χ3v) is 4.39. The van der Waals surface area contributed by atoms with Crippen molar-refractivity contribution < 1.29 is 8.42 Å². The quantitative estimate of drug-likeness (QED) is 0.927. The highest BCUT2D eigenvalue weighted by atomic mass is 32.2. The molecule has 0 atom stereocenters. The molecule has 17 heavy (non-hydrogen) atoms. The van der Waals surface area contributed by atoms with Crippen LogP contribution in [-0.2, 0) is 10.0 Å². The standard InChI is InChI=1S/C11H12N2O2S2/c1-2-17(14,15)13-11-10(12-8-16-11)9-6-4-3-5-7-9/h3-8,13H,2H2,1H3. The Morgan fingerprint density at radius 2 is 2.00 bits per heavy atom. The fourth-order valence-electron chi connectivity index (χ4n) is 1.33. The average molecular weight is 268 g/mol. The van der Waals surface area contributed by atoms with E-state index in [1.54, 1.807) is 12.4 Å². The Morgan fingerprint density at radius 3 is 2.65 bits per heavy atom. The van der Waals surface area contributed by atoms with Crippen LogP contribution in [-0.4, -0.2) is 19.2 Å². The van der Waals surface area contributed by atoms with Gasteiger partial charge in [-0.1, -0.05) is 30.3 Å². The number of hydrogen-bond donors (Lipinski definition) is 1. The Balaban J connectivity index is 2.36. The number of rotatable bonds is 4. The van der Waals surface area contributed by atoms with Gasteiger partial charge in [0.2, 0.25) is 10.0 Å². The van der Waals surface area contributed by atoms with Crippen LogP contribution in [0.15, 0.2) is 35.8 Å². The number of sulfonamides is 1. The molecule has 0 amide bonds. The summed E-state index contributed by atoms with van der Waals surface area (Å²) in [5.41, 5.74) is 3.21. The van der Waals surface area contributed by atoms with E-state index >= 15 is 0 Å². The van der Waals surface area contributed by atoms with Crippen LogP contribution in [0.25, 0.3) is 11.3 Å². The lowest BCUT2D eigenvalue weighted by molar-refractivity contribution is 0.602. The SMILES string of the molecule is CCS(=O)(=O)Nc1scnc1-c1ccccc1. The number of nitrogens with one attached hydrogen (secondary N) is 1. The van der Waals surface area contributed by atoms with Crippen LogP contribution in [0.2, 0.25) is 0 Å². The summed E-state index contributed by atoms with van der Waals surface area (Å²) in [5, 5.41) is 0.568. The van der Waals surface area contributed by atoms with Gasteiger partial charge >= 0.3 is 0 Å². The van der Waals surface area contributed by atoms with E-state index in [1.807, 2.05) is 30.3 Å². The van der Waals surface area contributed by atoms with Crippen molar-refractivity contribution in [2.75, 3.05) is 10.5 Å². The van der Waals surface area contributed by atoms with Crippen molar-refractivity contribution in [1.82, 2.24) is 4.98 Å². The molecule has 0 radical (unpaired) electrons. The minimum Gasteiger partial charge on any atom is -0.272 e. The van der Waals surface area contributed by atoms with E-state index in [9.17, 15) is 8.42 Å². The zero-order valence-corrected chi connectivity index (χ0v) is 10.9. The zero-order valence-electron chi connectivity index (χ0n) is 9.25. The van der Waals surface area contributed by atoms with Gasteiger partial charge in [-0.2, -0.15) is 0 Å². The Labute approximate surface area is 104 Å². The molecule has 1 N–H and O–H groups in total. The van der Waals surface area contributed by atoms with Crippen molar-refractivity contribution in [3.63, 3.8) is 0 Å². The average Bonchev–Trinajstić information content (AvgIpc) is 2.77. The van der Waals surface area contributed by atoms with Crippen LogP contribution in [0.3, 0.4) is 0 Å². The molecule has 0 saturated carbocycles. The van der Waals surface area contributed by atoms with Crippen LogP contribution >= 0.6 is 11.3 Å².